The third-order valence-corrected chi connectivity index (χ3v) is 5.72. The van der Waals surface area contributed by atoms with Crippen molar-refractivity contribution in [3.05, 3.63) is 36.4 Å². The number of fused-ring (bicyclic) bond motifs is 1. The van der Waals surface area contributed by atoms with E-state index in [1.807, 2.05) is 6.07 Å². The summed E-state index contributed by atoms with van der Waals surface area (Å²) in [6.07, 6.45) is 0.229. The molecule has 0 spiro atoms. The molecule has 1 fully saturated rings. The molecule has 1 atom stereocenters. The van der Waals surface area contributed by atoms with Crippen LogP contribution < -0.4 is 9.46 Å². The largest absolute Gasteiger partial charge is 0.497 e. The maximum Gasteiger partial charge on any atom is 0.323 e. The van der Waals surface area contributed by atoms with E-state index >= 15 is 0 Å². The van der Waals surface area contributed by atoms with Crippen LogP contribution in [0.3, 0.4) is 0 Å². The number of carboxylic acids is 1. The number of likely N-dealkylation sites (tertiary alicyclic amines) is 1. The fourth-order valence-corrected chi connectivity index (χ4v) is 4.18. The standard InChI is InChI=1S/C17H18N2O6S/c1-25-13-4-2-11-3-5-14(9-12(11)8-13)26(23,24)18-15-6-7-19(17(15)22)10-16(20)21/h2-5,8-9,15,18H,6-7,10H2,1H3,(H,20,21)/t15-/m0/s1. The van der Waals surface area contributed by atoms with Gasteiger partial charge in [-0.3, -0.25) is 9.59 Å². The van der Waals surface area contributed by atoms with Gasteiger partial charge in [0.05, 0.1) is 12.0 Å². The average molecular weight is 378 g/mol. The Balaban J connectivity index is 1.83. The molecule has 0 aromatic heterocycles. The topological polar surface area (TPSA) is 113 Å². The van der Waals surface area contributed by atoms with Crippen molar-refractivity contribution in [3.8, 4) is 5.75 Å². The molecule has 0 saturated carbocycles. The van der Waals surface area contributed by atoms with Gasteiger partial charge in [0.1, 0.15) is 18.3 Å². The number of methoxy groups -OCH3 is 1. The fraction of sp³-hybridized carbons (Fsp3) is 0.294. The van der Waals surface area contributed by atoms with E-state index in [2.05, 4.69) is 4.72 Å². The van der Waals surface area contributed by atoms with Crippen molar-refractivity contribution in [1.82, 2.24) is 9.62 Å². The SMILES string of the molecule is COc1ccc2ccc(S(=O)(=O)N[C@H]3CCN(CC(=O)O)C3=O)cc2c1. The zero-order valence-electron chi connectivity index (χ0n) is 14.0. The highest BCUT2D eigenvalue weighted by molar-refractivity contribution is 7.89. The molecule has 1 amide bonds. The van der Waals surface area contributed by atoms with E-state index in [9.17, 15) is 18.0 Å². The molecule has 9 heteroatoms. The van der Waals surface area contributed by atoms with Gasteiger partial charge in [0, 0.05) is 6.54 Å². The summed E-state index contributed by atoms with van der Waals surface area (Å²) < 4.78 is 32.8. The maximum atomic E-state index is 12.6. The predicted molar refractivity (Wildman–Crippen MR) is 93.4 cm³/mol. The van der Waals surface area contributed by atoms with E-state index in [-0.39, 0.29) is 17.9 Å². The first-order chi connectivity index (χ1) is 12.3. The van der Waals surface area contributed by atoms with Crippen molar-refractivity contribution in [2.75, 3.05) is 20.2 Å². The molecule has 2 N–H and O–H groups in total. The van der Waals surface area contributed by atoms with Gasteiger partial charge in [0.25, 0.3) is 0 Å². The number of hydrogen-bond acceptors (Lipinski definition) is 5. The van der Waals surface area contributed by atoms with Gasteiger partial charge in [-0.05, 0) is 41.5 Å². The highest BCUT2D eigenvalue weighted by Crippen LogP contribution is 2.24. The van der Waals surface area contributed by atoms with Crippen LogP contribution in [-0.2, 0) is 19.6 Å². The smallest absolute Gasteiger partial charge is 0.323 e. The van der Waals surface area contributed by atoms with E-state index < -0.39 is 34.5 Å². The number of nitrogens with one attached hydrogen (secondary N) is 1. The Bertz CT molecular complexity index is 972. The van der Waals surface area contributed by atoms with Crippen LogP contribution in [0.1, 0.15) is 6.42 Å². The number of hydrogen-bond donors (Lipinski definition) is 2. The molecule has 0 aliphatic carbocycles. The van der Waals surface area contributed by atoms with Crippen LogP contribution >= 0.6 is 0 Å². The van der Waals surface area contributed by atoms with Crippen LogP contribution in [0.4, 0.5) is 0 Å². The van der Waals surface area contributed by atoms with Crippen molar-refractivity contribution in [1.29, 1.82) is 0 Å². The molecular weight excluding hydrogens is 360 g/mol. The summed E-state index contributed by atoms with van der Waals surface area (Å²) >= 11 is 0. The van der Waals surface area contributed by atoms with Crippen LogP contribution in [0.25, 0.3) is 10.8 Å². The number of ether oxygens (including phenoxy) is 1. The van der Waals surface area contributed by atoms with Gasteiger partial charge in [0.2, 0.25) is 15.9 Å². The molecule has 2 aromatic carbocycles. The van der Waals surface area contributed by atoms with Crippen molar-refractivity contribution in [2.45, 2.75) is 17.4 Å². The van der Waals surface area contributed by atoms with E-state index in [1.54, 1.807) is 18.2 Å². The van der Waals surface area contributed by atoms with Gasteiger partial charge in [-0.25, -0.2) is 8.42 Å². The highest BCUT2D eigenvalue weighted by atomic mass is 32.2. The lowest BCUT2D eigenvalue weighted by atomic mass is 10.1. The van der Waals surface area contributed by atoms with Crippen LogP contribution in [-0.4, -0.2) is 56.5 Å². The zero-order valence-corrected chi connectivity index (χ0v) is 14.8. The van der Waals surface area contributed by atoms with Crippen LogP contribution in [0.2, 0.25) is 0 Å². The average Bonchev–Trinajstić information content (AvgIpc) is 2.93. The van der Waals surface area contributed by atoms with Crippen molar-refractivity contribution < 1.29 is 27.9 Å². The van der Waals surface area contributed by atoms with E-state index in [0.717, 1.165) is 10.3 Å². The summed E-state index contributed by atoms with van der Waals surface area (Å²) in [6, 6.07) is 9.02. The Morgan fingerprint density at radius 1 is 1.27 bits per heavy atom. The number of rotatable bonds is 6. The molecule has 3 rings (SSSR count). The van der Waals surface area contributed by atoms with Gasteiger partial charge < -0.3 is 14.7 Å². The summed E-state index contributed by atoms with van der Waals surface area (Å²) in [7, 11) is -2.40. The Hall–Kier alpha value is -2.65. The predicted octanol–water partition coefficient (Wildman–Crippen LogP) is 0.812. The minimum absolute atomic E-state index is 0.0303. The molecule has 2 aromatic rings. The van der Waals surface area contributed by atoms with Gasteiger partial charge in [-0.1, -0.05) is 12.1 Å². The van der Waals surface area contributed by atoms with E-state index in [0.29, 0.717) is 11.1 Å². The molecule has 138 valence electrons. The number of carboxylic acid groups (broad SMARTS) is 1. The number of carbonyl (C=O) groups is 2. The molecular formula is C17H18N2O6S. The van der Waals surface area contributed by atoms with Crippen molar-refractivity contribution in [2.24, 2.45) is 0 Å². The Labute approximate surface area is 150 Å². The first kappa shape index (κ1) is 18.2. The van der Waals surface area contributed by atoms with E-state index in [4.69, 9.17) is 9.84 Å². The second-order valence-corrected chi connectivity index (χ2v) is 7.70. The number of amides is 1. The second-order valence-electron chi connectivity index (χ2n) is 5.99. The van der Waals surface area contributed by atoms with Gasteiger partial charge in [-0.2, -0.15) is 4.72 Å². The molecule has 8 nitrogen and oxygen atoms in total. The Morgan fingerprint density at radius 2 is 2.00 bits per heavy atom. The summed E-state index contributed by atoms with van der Waals surface area (Å²) in [6.45, 7) is -0.236. The van der Waals surface area contributed by atoms with Crippen molar-refractivity contribution in [3.63, 3.8) is 0 Å². The Kier molecular flexibility index (Phi) is 4.84. The molecule has 0 radical (unpaired) electrons. The van der Waals surface area contributed by atoms with Crippen LogP contribution in [0.15, 0.2) is 41.3 Å². The van der Waals surface area contributed by atoms with E-state index in [1.165, 1.54) is 19.2 Å². The van der Waals surface area contributed by atoms with Crippen LogP contribution in [0, 0.1) is 0 Å². The first-order valence-electron chi connectivity index (χ1n) is 7.91. The minimum atomic E-state index is -3.93. The second kappa shape index (κ2) is 6.93. The molecule has 0 unspecified atom stereocenters. The quantitative estimate of drug-likeness (QED) is 0.769. The first-order valence-corrected chi connectivity index (χ1v) is 9.39. The maximum absolute atomic E-state index is 12.6. The third kappa shape index (κ3) is 3.63. The monoisotopic (exact) mass is 378 g/mol. The van der Waals surface area contributed by atoms with Crippen molar-refractivity contribution >= 4 is 32.7 Å². The summed E-state index contributed by atoms with van der Waals surface area (Å²) in [5.41, 5.74) is 0. The molecule has 1 aliphatic rings. The molecule has 1 saturated heterocycles. The molecule has 26 heavy (non-hydrogen) atoms. The zero-order chi connectivity index (χ0) is 18.9. The summed E-state index contributed by atoms with van der Waals surface area (Å²) in [5, 5.41) is 10.3. The van der Waals surface area contributed by atoms with Crippen LogP contribution in [0.5, 0.6) is 5.75 Å². The number of sulfonamides is 1. The number of nitrogens with zero attached hydrogens (tertiary/aromatic N) is 1. The third-order valence-electron chi connectivity index (χ3n) is 4.25. The fourth-order valence-electron chi connectivity index (χ4n) is 2.92. The van der Waals surface area contributed by atoms with Gasteiger partial charge in [-0.15, -0.1) is 0 Å². The minimum Gasteiger partial charge on any atom is -0.497 e. The Morgan fingerprint density at radius 3 is 2.69 bits per heavy atom. The highest BCUT2D eigenvalue weighted by Gasteiger charge is 2.35. The summed E-state index contributed by atoms with van der Waals surface area (Å²) in [5.74, 6) is -1.06. The van der Waals surface area contributed by atoms with Gasteiger partial charge in [0.15, 0.2) is 0 Å². The molecule has 1 heterocycles. The molecule has 1 aliphatic heterocycles. The number of aliphatic carboxylic acids is 1. The number of benzene rings is 2. The lowest BCUT2D eigenvalue weighted by Gasteiger charge is -2.15. The lowest BCUT2D eigenvalue weighted by molar-refractivity contribution is -0.143. The lowest BCUT2D eigenvalue weighted by Crippen LogP contribution is -2.42. The van der Waals surface area contributed by atoms with Gasteiger partial charge >= 0.3 is 5.97 Å². The molecule has 0 bridgehead atoms. The normalized spacial score (nSPS) is 17.7. The summed E-state index contributed by atoms with van der Waals surface area (Å²) in [4.78, 5) is 24.1. The number of carbonyl (C=O) groups excluding carboxylic acids is 1.